The van der Waals surface area contributed by atoms with E-state index in [1.807, 2.05) is 12.4 Å². The number of hydrogen-bond donors (Lipinski definition) is 1. The van der Waals surface area contributed by atoms with Gasteiger partial charge in [-0.05, 0) is 12.8 Å². The van der Waals surface area contributed by atoms with Gasteiger partial charge in [-0.1, -0.05) is 52.4 Å². The van der Waals surface area contributed by atoms with Crippen LogP contribution in [-0.2, 0) is 0 Å². The van der Waals surface area contributed by atoms with Crippen LogP contribution in [0.3, 0.4) is 0 Å². The molecule has 0 amide bonds. The molecule has 0 bridgehead atoms. The van der Waals surface area contributed by atoms with E-state index in [1.165, 1.54) is 57.2 Å². The second-order valence-corrected chi connectivity index (χ2v) is 4.66. The summed E-state index contributed by atoms with van der Waals surface area (Å²) in [4.78, 5) is 7.69. The molecule has 16 heavy (non-hydrogen) atoms. The Morgan fingerprint density at radius 3 is 2.44 bits per heavy atom. The molecular weight excluding hydrogens is 196 g/mol. The van der Waals surface area contributed by atoms with Gasteiger partial charge in [0.25, 0.3) is 0 Å². The fourth-order valence-corrected chi connectivity index (χ4v) is 2.19. The number of aromatic nitrogens is 2. The molecule has 0 spiro atoms. The fourth-order valence-electron chi connectivity index (χ4n) is 2.19. The first-order chi connectivity index (χ1) is 7.88. The van der Waals surface area contributed by atoms with Crippen molar-refractivity contribution in [3.8, 4) is 0 Å². The van der Waals surface area contributed by atoms with Crippen molar-refractivity contribution in [1.29, 1.82) is 0 Å². The van der Waals surface area contributed by atoms with Crippen LogP contribution in [0.2, 0.25) is 0 Å². The van der Waals surface area contributed by atoms with Crippen molar-refractivity contribution in [2.75, 3.05) is 0 Å². The van der Waals surface area contributed by atoms with Crippen LogP contribution < -0.4 is 0 Å². The van der Waals surface area contributed by atoms with Crippen molar-refractivity contribution in [2.24, 2.45) is 0 Å². The molecule has 1 atom stereocenters. The van der Waals surface area contributed by atoms with Gasteiger partial charge in [-0.3, -0.25) is 0 Å². The molecule has 0 saturated heterocycles. The monoisotopic (exact) mass is 222 g/mol. The van der Waals surface area contributed by atoms with Crippen molar-refractivity contribution >= 4 is 0 Å². The maximum absolute atomic E-state index is 4.41. The van der Waals surface area contributed by atoms with Gasteiger partial charge < -0.3 is 4.98 Å². The lowest BCUT2D eigenvalue weighted by Crippen LogP contribution is -2.01. The van der Waals surface area contributed by atoms with Gasteiger partial charge in [0.05, 0.1) is 0 Å². The Balaban J connectivity index is 2.32. The molecule has 0 aliphatic rings. The average molecular weight is 222 g/mol. The minimum Gasteiger partial charge on any atom is -0.348 e. The molecule has 0 aromatic carbocycles. The highest BCUT2D eigenvalue weighted by molar-refractivity contribution is 4.96. The van der Waals surface area contributed by atoms with E-state index in [0.29, 0.717) is 5.92 Å². The summed E-state index contributed by atoms with van der Waals surface area (Å²) in [5.74, 6) is 1.86. The zero-order valence-corrected chi connectivity index (χ0v) is 10.8. The van der Waals surface area contributed by atoms with Gasteiger partial charge in [-0.15, -0.1) is 0 Å². The molecule has 0 aliphatic heterocycles. The highest BCUT2D eigenvalue weighted by Crippen LogP contribution is 2.25. The maximum atomic E-state index is 4.41. The number of H-pyrrole nitrogens is 1. The minimum atomic E-state index is 0.659. The van der Waals surface area contributed by atoms with Crippen LogP contribution in [0.5, 0.6) is 0 Å². The van der Waals surface area contributed by atoms with E-state index in [4.69, 9.17) is 0 Å². The minimum absolute atomic E-state index is 0.659. The van der Waals surface area contributed by atoms with Gasteiger partial charge in [0.1, 0.15) is 5.82 Å². The lowest BCUT2D eigenvalue weighted by Gasteiger charge is -2.13. The summed E-state index contributed by atoms with van der Waals surface area (Å²) in [7, 11) is 0. The molecule has 0 radical (unpaired) electrons. The first-order valence-corrected chi connectivity index (χ1v) is 6.87. The second kappa shape index (κ2) is 8.37. The van der Waals surface area contributed by atoms with E-state index in [1.54, 1.807) is 0 Å². The van der Waals surface area contributed by atoms with E-state index in [9.17, 15) is 0 Å². The number of imidazole rings is 1. The van der Waals surface area contributed by atoms with Crippen molar-refractivity contribution in [3.63, 3.8) is 0 Å². The van der Waals surface area contributed by atoms with Crippen LogP contribution in [-0.4, -0.2) is 9.97 Å². The third-order valence-electron chi connectivity index (χ3n) is 3.22. The number of nitrogens with one attached hydrogen (secondary N) is 1. The summed E-state index contributed by atoms with van der Waals surface area (Å²) in [5, 5.41) is 0. The molecule has 0 aliphatic carbocycles. The van der Waals surface area contributed by atoms with Gasteiger partial charge in [0.2, 0.25) is 0 Å². The molecule has 1 aromatic heterocycles. The SMILES string of the molecule is CCCCCCC(CCCC)c1ncc[nH]1. The normalized spacial score (nSPS) is 12.9. The summed E-state index contributed by atoms with van der Waals surface area (Å²) in [5.41, 5.74) is 0. The van der Waals surface area contributed by atoms with Crippen LogP contribution in [0.4, 0.5) is 0 Å². The Bertz CT molecular complexity index is 241. The molecule has 0 fully saturated rings. The van der Waals surface area contributed by atoms with Crippen LogP contribution in [0.1, 0.15) is 77.0 Å². The second-order valence-electron chi connectivity index (χ2n) is 4.66. The fraction of sp³-hybridized carbons (Fsp3) is 0.786. The first kappa shape index (κ1) is 13.3. The van der Waals surface area contributed by atoms with E-state index < -0.39 is 0 Å². The molecular formula is C14H26N2. The Hall–Kier alpha value is -0.790. The first-order valence-electron chi connectivity index (χ1n) is 6.87. The maximum Gasteiger partial charge on any atom is 0.109 e. The lowest BCUT2D eigenvalue weighted by molar-refractivity contribution is 0.493. The van der Waals surface area contributed by atoms with Crippen LogP contribution in [0, 0.1) is 0 Å². The van der Waals surface area contributed by atoms with Gasteiger partial charge in [0, 0.05) is 18.3 Å². The molecule has 2 heteroatoms. The predicted octanol–water partition coefficient (Wildman–Crippen LogP) is 4.65. The molecule has 1 unspecified atom stereocenters. The zero-order valence-electron chi connectivity index (χ0n) is 10.8. The van der Waals surface area contributed by atoms with E-state index in [-0.39, 0.29) is 0 Å². The number of unbranched alkanes of at least 4 members (excludes halogenated alkanes) is 4. The van der Waals surface area contributed by atoms with Crippen LogP contribution in [0.25, 0.3) is 0 Å². The topological polar surface area (TPSA) is 28.7 Å². The van der Waals surface area contributed by atoms with Crippen molar-refractivity contribution in [2.45, 2.75) is 71.1 Å². The number of rotatable bonds is 9. The molecule has 1 heterocycles. The summed E-state index contributed by atoms with van der Waals surface area (Å²) in [6.07, 6.45) is 14.4. The quantitative estimate of drug-likeness (QED) is 0.605. The molecule has 1 rings (SSSR count). The Morgan fingerprint density at radius 2 is 1.81 bits per heavy atom. The Morgan fingerprint density at radius 1 is 1.06 bits per heavy atom. The van der Waals surface area contributed by atoms with Crippen molar-refractivity contribution < 1.29 is 0 Å². The summed E-state index contributed by atoms with van der Waals surface area (Å²) in [6.45, 7) is 4.53. The van der Waals surface area contributed by atoms with Crippen LogP contribution >= 0.6 is 0 Å². The van der Waals surface area contributed by atoms with Gasteiger partial charge in [0.15, 0.2) is 0 Å². The Labute approximate surface area is 99.9 Å². The van der Waals surface area contributed by atoms with Crippen molar-refractivity contribution in [1.82, 2.24) is 9.97 Å². The van der Waals surface area contributed by atoms with Crippen molar-refractivity contribution in [3.05, 3.63) is 18.2 Å². The van der Waals surface area contributed by atoms with E-state index in [0.717, 1.165) is 0 Å². The molecule has 0 saturated carbocycles. The average Bonchev–Trinajstić information content (AvgIpc) is 2.82. The summed E-state index contributed by atoms with van der Waals surface area (Å²) < 4.78 is 0. The lowest BCUT2D eigenvalue weighted by atomic mass is 9.94. The van der Waals surface area contributed by atoms with Gasteiger partial charge in [-0.25, -0.2) is 4.98 Å². The standard InChI is InChI=1S/C14H26N2/c1-3-5-7-8-10-13(9-6-4-2)14-15-11-12-16-14/h11-13H,3-10H2,1-2H3,(H,15,16). The highest BCUT2D eigenvalue weighted by Gasteiger charge is 2.12. The third kappa shape index (κ3) is 4.82. The largest absolute Gasteiger partial charge is 0.348 e. The highest BCUT2D eigenvalue weighted by atomic mass is 14.9. The van der Waals surface area contributed by atoms with Gasteiger partial charge in [-0.2, -0.15) is 0 Å². The molecule has 2 nitrogen and oxygen atoms in total. The van der Waals surface area contributed by atoms with E-state index in [2.05, 4.69) is 23.8 Å². The number of aromatic amines is 1. The third-order valence-corrected chi connectivity index (χ3v) is 3.22. The smallest absolute Gasteiger partial charge is 0.109 e. The van der Waals surface area contributed by atoms with Crippen LogP contribution in [0.15, 0.2) is 12.4 Å². The van der Waals surface area contributed by atoms with Gasteiger partial charge >= 0.3 is 0 Å². The molecule has 1 aromatic rings. The summed E-state index contributed by atoms with van der Waals surface area (Å²) >= 11 is 0. The number of hydrogen-bond acceptors (Lipinski definition) is 1. The number of nitrogens with zero attached hydrogens (tertiary/aromatic N) is 1. The zero-order chi connectivity index (χ0) is 11.6. The Kier molecular flexibility index (Phi) is 6.95. The summed E-state index contributed by atoms with van der Waals surface area (Å²) in [6, 6.07) is 0. The predicted molar refractivity (Wildman–Crippen MR) is 69.6 cm³/mol. The molecule has 1 N–H and O–H groups in total. The molecule has 92 valence electrons. The van der Waals surface area contributed by atoms with E-state index >= 15 is 0 Å².